The van der Waals surface area contributed by atoms with Gasteiger partial charge >= 0.3 is 0 Å². The van der Waals surface area contributed by atoms with Gasteiger partial charge in [-0.15, -0.1) is 0 Å². The van der Waals surface area contributed by atoms with Gasteiger partial charge in [0, 0.05) is 55.2 Å². The van der Waals surface area contributed by atoms with Gasteiger partial charge in [-0.2, -0.15) is 0 Å². The molecule has 3 heterocycles. The minimum Gasteiger partial charge on any atom is -0.494 e. The average molecular weight is 629 g/mol. The number of hydrogen-bond acceptors (Lipinski definition) is 5. The van der Waals surface area contributed by atoms with Crippen LogP contribution in [0.2, 0.25) is 0 Å². The fourth-order valence-electron chi connectivity index (χ4n) is 7.58. The lowest BCUT2D eigenvalue weighted by atomic mass is 9.70. The predicted octanol–water partition coefficient (Wildman–Crippen LogP) is 9.46. The van der Waals surface area contributed by atoms with E-state index in [1.165, 1.54) is 50.3 Å². The second-order valence-corrected chi connectivity index (χ2v) is 13.5. The summed E-state index contributed by atoms with van der Waals surface area (Å²) >= 11 is 0. The number of nitrogens with zero attached hydrogens (tertiary/aromatic N) is 4. The minimum atomic E-state index is 0.00375. The summed E-state index contributed by atoms with van der Waals surface area (Å²) in [6.07, 6.45) is 12.3. The molecule has 6 nitrogen and oxygen atoms in total. The molecule has 0 fully saturated rings. The Morgan fingerprint density at radius 2 is 1.79 bits per heavy atom. The average Bonchev–Trinajstić information content (AvgIpc) is 3.07. The molecule has 0 amide bonds. The molecule has 0 bridgehead atoms. The molecule has 6 rings (SSSR count). The Bertz CT molecular complexity index is 1780. The van der Waals surface area contributed by atoms with Crippen molar-refractivity contribution in [1.82, 2.24) is 4.90 Å². The first kappa shape index (κ1) is 32.6. The summed E-state index contributed by atoms with van der Waals surface area (Å²) in [5, 5.41) is 0. The van der Waals surface area contributed by atoms with Crippen LogP contribution in [0.25, 0.3) is 11.1 Å². The number of ether oxygens (including phenoxy) is 1. The Balaban J connectivity index is 1.41. The molecule has 0 aromatic heterocycles. The van der Waals surface area contributed by atoms with Gasteiger partial charge in [0.25, 0.3) is 0 Å². The molecule has 47 heavy (non-hydrogen) atoms. The number of carbonyl (C=O) groups excluding carboxylic acids is 1. The summed E-state index contributed by atoms with van der Waals surface area (Å²) in [6, 6.07) is 15.0. The maximum atomic E-state index is 11.9. The maximum absolute atomic E-state index is 11.9. The first-order valence-corrected chi connectivity index (χ1v) is 17.3. The van der Waals surface area contributed by atoms with Crippen LogP contribution in [0.1, 0.15) is 94.6 Å². The highest BCUT2D eigenvalue weighted by Crippen LogP contribution is 2.46. The number of aliphatic imine (C=N–C) groups is 3. The van der Waals surface area contributed by atoms with Gasteiger partial charge in [0.2, 0.25) is 0 Å². The molecular weight excluding hydrogens is 580 g/mol. The predicted molar refractivity (Wildman–Crippen MR) is 196 cm³/mol. The van der Waals surface area contributed by atoms with Crippen molar-refractivity contribution in [3.8, 4) is 5.75 Å². The standard InChI is InChI=1S/C41H48N4O2/c1-8-28-20-33(24-45(6)23-28)29-11-13-30(14-12-29)40-26(4)34(9-2)43-36-18-16-32-22-42-38(19-10-25(3)39(32)41(36)40)44-35-17-15-31(27(5)46)21-37(35)47-7/h11-15,17,20-22,24-26,34H,8-10,16,18-19,23H2,1-7H3. The number of hydrogen-bond donors (Lipinski definition) is 0. The quantitative estimate of drug-likeness (QED) is 0.287. The number of benzene rings is 2. The topological polar surface area (TPSA) is 66.6 Å². The van der Waals surface area contributed by atoms with E-state index in [0.717, 1.165) is 50.9 Å². The van der Waals surface area contributed by atoms with Gasteiger partial charge in [0.1, 0.15) is 17.3 Å². The van der Waals surface area contributed by atoms with E-state index in [1.54, 1.807) is 26.2 Å². The smallest absolute Gasteiger partial charge is 0.159 e. The number of likely N-dealkylation sites (N-methyl/N-ethyl adjacent to an activating group) is 1. The van der Waals surface area contributed by atoms with Gasteiger partial charge in [-0.3, -0.25) is 9.79 Å². The van der Waals surface area contributed by atoms with Crippen molar-refractivity contribution >= 4 is 40.4 Å². The molecule has 0 N–H and O–H groups in total. The molecule has 2 aromatic rings. The lowest BCUT2D eigenvalue weighted by molar-refractivity contribution is 0.101. The summed E-state index contributed by atoms with van der Waals surface area (Å²) in [5.41, 5.74) is 13.4. The van der Waals surface area contributed by atoms with Crippen molar-refractivity contribution in [2.24, 2.45) is 26.8 Å². The Morgan fingerprint density at radius 1 is 1.02 bits per heavy atom. The molecule has 3 unspecified atom stereocenters. The number of ketones is 1. The second-order valence-electron chi connectivity index (χ2n) is 13.5. The zero-order chi connectivity index (χ0) is 33.2. The van der Waals surface area contributed by atoms with Crippen molar-refractivity contribution in [1.29, 1.82) is 0 Å². The summed E-state index contributed by atoms with van der Waals surface area (Å²) in [7, 11) is 3.77. The van der Waals surface area contributed by atoms with Crippen LogP contribution in [-0.2, 0) is 0 Å². The van der Waals surface area contributed by atoms with E-state index in [-0.39, 0.29) is 11.8 Å². The number of rotatable bonds is 7. The second kappa shape index (κ2) is 13.8. The van der Waals surface area contributed by atoms with Crippen LogP contribution in [0.3, 0.4) is 0 Å². The van der Waals surface area contributed by atoms with Crippen LogP contribution in [0.4, 0.5) is 5.69 Å². The molecular formula is C41H48N4O2. The van der Waals surface area contributed by atoms with Gasteiger partial charge in [-0.25, -0.2) is 9.98 Å². The molecule has 1 aliphatic carbocycles. The first-order chi connectivity index (χ1) is 22.7. The van der Waals surface area contributed by atoms with Gasteiger partial charge in [-0.1, -0.05) is 63.6 Å². The van der Waals surface area contributed by atoms with E-state index in [2.05, 4.69) is 82.4 Å². The molecule has 3 aliphatic heterocycles. The molecule has 3 atom stereocenters. The summed E-state index contributed by atoms with van der Waals surface area (Å²) in [4.78, 5) is 29.5. The fourth-order valence-corrected chi connectivity index (χ4v) is 7.58. The highest BCUT2D eigenvalue weighted by atomic mass is 16.5. The number of dihydropyridines is 1. The van der Waals surface area contributed by atoms with Crippen LogP contribution in [0.5, 0.6) is 5.75 Å². The third-order valence-electron chi connectivity index (χ3n) is 10.2. The van der Waals surface area contributed by atoms with E-state index in [9.17, 15) is 4.79 Å². The Kier molecular flexibility index (Phi) is 9.58. The van der Waals surface area contributed by atoms with Crippen LogP contribution in [-0.4, -0.2) is 55.2 Å². The summed E-state index contributed by atoms with van der Waals surface area (Å²) < 4.78 is 5.59. The SMILES string of the molecule is CCC1=CC(c2ccc(C3=C4C(=NC(CC)C3C)CCC3=C4C(C)CCC(=Nc4ccc(C(C)=O)cc4OC)N=C3)cc2)=CN(C)C1. The van der Waals surface area contributed by atoms with Crippen LogP contribution in [0.15, 0.2) is 92.0 Å². The maximum Gasteiger partial charge on any atom is 0.159 e. The van der Waals surface area contributed by atoms with Crippen molar-refractivity contribution in [3.05, 3.63) is 93.7 Å². The normalized spacial score (nSPS) is 23.8. The third-order valence-corrected chi connectivity index (χ3v) is 10.2. The highest BCUT2D eigenvalue weighted by molar-refractivity contribution is 6.15. The Labute approximate surface area is 280 Å². The van der Waals surface area contributed by atoms with E-state index in [4.69, 9.17) is 19.7 Å². The zero-order valence-electron chi connectivity index (χ0n) is 29.1. The van der Waals surface area contributed by atoms with Gasteiger partial charge in [-0.05, 0) is 96.6 Å². The molecule has 0 saturated carbocycles. The third kappa shape index (κ3) is 6.60. The molecule has 0 saturated heterocycles. The Morgan fingerprint density at radius 3 is 2.49 bits per heavy atom. The van der Waals surface area contributed by atoms with Crippen LogP contribution in [0, 0.1) is 11.8 Å². The molecule has 6 heteroatoms. The lowest BCUT2D eigenvalue weighted by Gasteiger charge is -2.38. The molecule has 244 valence electrons. The number of carbonyl (C=O) groups is 1. The zero-order valence-corrected chi connectivity index (χ0v) is 29.1. The molecule has 0 spiro atoms. The number of methoxy groups -OCH3 is 1. The van der Waals surface area contributed by atoms with Gasteiger partial charge < -0.3 is 9.64 Å². The highest BCUT2D eigenvalue weighted by Gasteiger charge is 2.36. The summed E-state index contributed by atoms with van der Waals surface area (Å²) in [6.45, 7) is 11.8. The van der Waals surface area contributed by atoms with E-state index in [1.807, 2.05) is 6.07 Å². The van der Waals surface area contributed by atoms with E-state index in [0.29, 0.717) is 28.8 Å². The number of amidine groups is 1. The fraction of sp³-hybridized carbons (Fsp3) is 0.415. The number of Topliss-reactive ketones (excluding diaryl/α,β-unsaturated/α-hetero) is 1. The lowest BCUT2D eigenvalue weighted by Crippen LogP contribution is -2.31. The van der Waals surface area contributed by atoms with Crippen molar-refractivity contribution < 1.29 is 9.53 Å². The van der Waals surface area contributed by atoms with Crippen LogP contribution < -0.4 is 4.74 Å². The Hall–Kier alpha value is -4.32. The first-order valence-electron chi connectivity index (χ1n) is 17.3. The van der Waals surface area contributed by atoms with Gasteiger partial charge in [0.05, 0.1) is 13.2 Å². The summed E-state index contributed by atoms with van der Waals surface area (Å²) in [5.74, 6) is 2.02. The van der Waals surface area contributed by atoms with Crippen molar-refractivity contribution in [3.63, 3.8) is 0 Å². The molecule has 4 aliphatic rings. The molecule has 0 radical (unpaired) electrons. The van der Waals surface area contributed by atoms with Crippen molar-refractivity contribution in [2.75, 3.05) is 20.7 Å². The van der Waals surface area contributed by atoms with E-state index < -0.39 is 0 Å². The molecule has 2 aromatic carbocycles. The number of allylic oxidation sites excluding steroid dienone is 5. The van der Waals surface area contributed by atoms with Gasteiger partial charge in [0.15, 0.2) is 5.78 Å². The van der Waals surface area contributed by atoms with Crippen molar-refractivity contribution in [2.45, 2.75) is 79.2 Å². The number of fused-ring (bicyclic) bond motifs is 2. The monoisotopic (exact) mass is 628 g/mol. The van der Waals surface area contributed by atoms with Crippen LogP contribution >= 0.6 is 0 Å². The largest absolute Gasteiger partial charge is 0.494 e. The van der Waals surface area contributed by atoms with E-state index >= 15 is 0 Å². The minimum absolute atomic E-state index is 0.00375.